The topological polar surface area (TPSA) is 95.9 Å². The van der Waals surface area contributed by atoms with Crippen molar-refractivity contribution in [2.45, 2.75) is 44.1 Å². The monoisotopic (exact) mass is 476 g/mol. The van der Waals surface area contributed by atoms with Crippen LogP contribution in [0.4, 0.5) is 4.79 Å². The van der Waals surface area contributed by atoms with Crippen molar-refractivity contribution < 1.29 is 24.2 Å². The third kappa shape index (κ3) is 5.73. The number of carboxylic acids is 1. The summed E-state index contributed by atoms with van der Waals surface area (Å²) in [4.78, 5) is 38.9. The van der Waals surface area contributed by atoms with Gasteiger partial charge < -0.3 is 20.1 Å². The Balaban J connectivity index is 1.41. The Bertz CT molecular complexity index is 1050. The van der Waals surface area contributed by atoms with E-state index in [4.69, 9.17) is 9.84 Å². The average Bonchev–Trinajstić information content (AvgIpc) is 3.19. The van der Waals surface area contributed by atoms with Crippen molar-refractivity contribution in [1.29, 1.82) is 0 Å². The highest BCUT2D eigenvalue weighted by atomic mass is 16.5. The molecule has 7 nitrogen and oxygen atoms in total. The molecule has 0 bridgehead atoms. The zero-order valence-corrected chi connectivity index (χ0v) is 19.8. The normalized spacial score (nSPS) is 17.7. The fourth-order valence-electron chi connectivity index (χ4n) is 5.22. The summed E-state index contributed by atoms with van der Waals surface area (Å²) >= 11 is 0. The minimum absolute atomic E-state index is 0.0149. The number of rotatable bonds is 9. The molecular weight excluding hydrogens is 444 g/mol. The van der Waals surface area contributed by atoms with Crippen LogP contribution < -0.4 is 5.32 Å². The van der Waals surface area contributed by atoms with Crippen LogP contribution in [0.25, 0.3) is 11.1 Å². The molecule has 2 aromatic carbocycles. The number of aliphatic carboxylic acids is 1. The predicted molar refractivity (Wildman–Crippen MR) is 133 cm³/mol. The molecule has 0 aromatic heterocycles. The third-order valence-corrected chi connectivity index (χ3v) is 6.91. The van der Waals surface area contributed by atoms with Crippen molar-refractivity contribution in [3.8, 4) is 11.1 Å². The molecule has 2 atom stereocenters. The van der Waals surface area contributed by atoms with Gasteiger partial charge in [0, 0.05) is 25.4 Å². The van der Waals surface area contributed by atoms with Gasteiger partial charge in [-0.3, -0.25) is 9.59 Å². The van der Waals surface area contributed by atoms with E-state index in [1.165, 1.54) is 0 Å². The predicted octanol–water partition coefficient (Wildman–Crippen LogP) is 4.57. The number of likely N-dealkylation sites (tertiary alicyclic amines) is 1. The highest BCUT2D eigenvalue weighted by Crippen LogP contribution is 2.44. The molecule has 0 spiro atoms. The Kier molecular flexibility index (Phi) is 7.85. The summed E-state index contributed by atoms with van der Waals surface area (Å²) in [7, 11) is 0. The summed E-state index contributed by atoms with van der Waals surface area (Å²) in [5.41, 5.74) is 4.46. The van der Waals surface area contributed by atoms with Crippen LogP contribution in [0.5, 0.6) is 0 Å². The first kappa shape index (κ1) is 24.5. The largest absolute Gasteiger partial charge is 0.481 e. The van der Waals surface area contributed by atoms with Gasteiger partial charge in [0.15, 0.2) is 0 Å². The molecule has 2 aliphatic rings. The Morgan fingerprint density at radius 1 is 1.11 bits per heavy atom. The molecule has 0 radical (unpaired) electrons. The molecule has 0 saturated carbocycles. The van der Waals surface area contributed by atoms with E-state index in [-0.39, 0.29) is 31.3 Å². The number of nitrogens with one attached hydrogen (secondary N) is 1. The van der Waals surface area contributed by atoms with Gasteiger partial charge in [0.1, 0.15) is 12.6 Å². The summed E-state index contributed by atoms with van der Waals surface area (Å²) in [6.07, 6.45) is 3.66. The van der Waals surface area contributed by atoms with E-state index in [2.05, 4.69) is 24.0 Å². The molecule has 1 heterocycles. The van der Waals surface area contributed by atoms with Gasteiger partial charge in [-0.25, -0.2) is 4.79 Å². The Morgan fingerprint density at radius 2 is 1.77 bits per heavy atom. The van der Waals surface area contributed by atoms with Crippen LogP contribution >= 0.6 is 0 Å². The van der Waals surface area contributed by atoms with E-state index in [1.807, 2.05) is 42.5 Å². The van der Waals surface area contributed by atoms with Crippen molar-refractivity contribution in [2.75, 3.05) is 19.7 Å². The molecule has 2 aromatic rings. The van der Waals surface area contributed by atoms with Crippen LogP contribution in [0.1, 0.15) is 49.1 Å². The molecule has 184 valence electrons. The van der Waals surface area contributed by atoms with E-state index in [9.17, 15) is 14.4 Å². The number of piperidine rings is 1. The lowest BCUT2D eigenvalue weighted by Gasteiger charge is -2.34. The first-order valence-electron chi connectivity index (χ1n) is 12.2. The first-order valence-corrected chi connectivity index (χ1v) is 12.2. The lowest BCUT2D eigenvalue weighted by molar-refractivity contribution is -0.138. The molecule has 2 unspecified atom stereocenters. The number of nitrogens with zero attached hydrogens (tertiary/aromatic N) is 1. The summed E-state index contributed by atoms with van der Waals surface area (Å²) in [6.45, 7) is 5.10. The fraction of sp³-hybridized carbons (Fsp3) is 0.393. The van der Waals surface area contributed by atoms with Crippen molar-refractivity contribution in [3.05, 3.63) is 72.3 Å². The second-order valence-electron chi connectivity index (χ2n) is 9.27. The van der Waals surface area contributed by atoms with Crippen molar-refractivity contribution >= 4 is 18.0 Å². The summed E-state index contributed by atoms with van der Waals surface area (Å²) in [6, 6.07) is 15.2. The molecule has 1 fully saturated rings. The molecule has 35 heavy (non-hydrogen) atoms. The average molecular weight is 477 g/mol. The second-order valence-corrected chi connectivity index (χ2v) is 9.27. The molecule has 2 amide bonds. The van der Waals surface area contributed by atoms with Crippen LogP contribution in [0.3, 0.4) is 0 Å². The minimum atomic E-state index is -1.01. The number of hydrogen-bond donors (Lipinski definition) is 2. The molecule has 4 rings (SSSR count). The van der Waals surface area contributed by atoms with Gasteiger partial charge in [-0.15, -0.1) is 6.58 Å². The van der Waals surface area contributed by atoms with E-state index < -0.39 is 18.1 Å². The second kappa shape index (κ2) is 11.2. The number of carboxylic acid groups (broad SMARTS) is 1. The van der Waals surface area contributed by atoms with Crippen LogP contribution in [0.15, 0.2) is 61.2 Å². The maximum absolute atomic E-state index is 13.2. The van der Waals surface area contributed by atoms with E-state index >= 15 is 0 Å². The van der Waals surface area contributed by atoms with Gasteiger partial charge in [-0.1, -0.05) is 54.6 Å². The maximum Gasteiger partial charge on any atom is 0.407 e. The molecule has 1 saturated heterocycles. The standard InChI is InChI=1S/C28H32N2O5/c1-2-8-19-9-7-16-30(17-19)27(33)25(14-15-26(31)32)29-28(34)35-18-24-22-12-5-3-10-20(22)21-11-4-6-13-23(21)24/h2-6,10-13,19,24-25H,1,7-9,14-18H2,(H,29,34)(H,31,32). The number of fused-ring (bicyclic) bond motifs is 3. The highest BCUT2D eigenvalue weighted by Gasteiger charge is 2.32. The van der Waals surface area contributed by atoms with Gasteiger partial charge in [-0.2, -0.15) is 0 Å². The number of allylic oxidation sites excluding steroid dienone is 1. The number of hydrogen-bond acceptors (Lipinski definition) is 4. The number of carbonyl (C=O) groups excluding carboxylic acids is 2. The maximum atomic E-state index is 13.2. The van der Waals surface area contributed by atoms with E-state index in [0.717, 1.165) is 41.5 Å². The van der Waals surface area contributed by atoms with Crippen LogP contribution in [-0.2, 0) is 14.3 Å². The van der Waals surface area contributed by atoms with E-state index in [1.54, 1.807) is 4.90 Å². The zero-order valence-electron chi connectivity index (χ0n) is 19.8. The first-order chi connectivity index (χ1) is 17.0. The zero-order chi connectivity index (χ0) is 24.8. The summed E-state index contributed by atoms with van der Waals surface area (Å²) < 4.78 is 5.59. The van der Waals surface area contributed by atoms with Gasteiger partial charge >= 0.3 is 12.1 Å². The van der Waals surface area contributed by atoms with Crippen LogP contribution in [0, 0.1) is 5.92 Å². The number of alkyl carbamates (subject to hydrolysis) is 1. The highest BCUT2D eigenvalue weighted by molar-refractivity contribution is 5.86. The van der Waals surface area contributed by atoms with Crippen LogP contribution in [0.2, 0.25) is 0 Å². The van der Waals surface area contributed by atoms with Gasteiger partial charge in [0.05, 0.1) is 0 Å². The molecular formula is C28H32N2O5. The van der Waals surface area contributed by atoms with Gasteiger partial charge in [0.25, 0.3) is 0 Å². The lowest BCUT2D eigenvalue weighted by atomic mass is 9.94. The Labute approximate surface area is 205 Å². The number of benzene rings is 2. The Morgan fingerprint density at radius 3 is 2.40 bits per heavy atom. The minimum Gasteiger partial charge on any atom is -0.481 e. The quantitative estimate of drug-likeness (QED) is 0.517. The molecule has 2 N–H and O–H groups in total. The number of ether oxygens (including phenoxy) is 1. The number of carbonyl (C=O) groups is 3. The SMILES string of the molecule is C=CCC1CCCN(C(=O)C(CCC(=O)O)NC(=O)OCC2c3ccccc3-c3ccccc32)C1. The summed E-state index contributed by atoms with van der Waals surface area (Å²) in [5, 5.41) is 11.8. The van der Waals surface area contributed by atoms with E-state index in [0.29, 0.717) is 19.0 Å². The van der Waals surface area contributed by atoms with Gasteiger partial charge in [-0.05, 0) is 53.9 Å². The van der Waals surface area contributed by atoms with Crippen molar-refractivity contribution in [2.24, 2.45) is 5.92 Å². The molecule has 7 heteroatoms. The summed E-state index contributed by atoms with van der Waals surface area (Å²) in [5.74, 6) is -1.03. The fourth-order valence-corrected chi connectivity index (χ4v) is 5.22. The van der Waals surface area contributed by atoms with Gasteiger partial charge in [0.2, 0.25) is 5.91 Å². The number of amides is 2. The molecule has 1 aliphatic carbocycles. The lowest BCUT2D eigenvalue weighted by Crippen LogP contribution is -2.51. The van der Waals surface area contributed by atoms with Crippen molar-refractivity contribution in [3.63, 3.8) is 0 Å². The van der Waals surface area contributed by atoms with Crippen LogP contribution in [-0.4, -0.2) is 53.7 Å². The van der Waals surface area contributed by atoms with Crippen molar-refractivity contribution in [1.82, 2.24) is 10.2 Å². The molecule has 1 aliphatic heterocycles. The third-order valence-electron chi connectivity index (χ3n) is 6.91. The Hall–Kier alpha value is -3.61. The smallest absolute Gasteiger partial charge is 0.407 e.